The van der Waals surface area contributed by atoms with Crippen LogP contribution in [0.1, 0.15) is 36.0 Å². The molecular formula is C23H31N3O3S. The van der Waals surface area contributed by atoms with Crippen molar-refractivity contribution in [3.05, 3.63) is 52.2 Å². The van der Waals surface area contributed by atoms with Crippen molar-refractivity contribution in [3.8, 4) is 5.75 Å². The molecule has 30 heavy (non-hydrogen) atoms. The minimum Gasteiger partial charge on any atom is -0.494 e. The Kier molecular flexibility index (Phi) is 7.87. The van der Waals surface area contributed by atoms with E-state index in [1.807, 2.05) is 25.7 Å². The van der Waals surface area contributed by atoms with Gasteiger partial charge in [-0.05, 0) is 48.6 Å². The molecule has 0 bridgehead atoms. The van der Waals surface area contributed by atoms with E-state index in [1.54, 1.807) is 35.6 Å². The molecule has 1 aliphatic heterocycles. The molecule has 1 N–H and O–H groups in total. The van der Waals surface area contributed by atoms with Crippen LogP contribution in [0, 0.1) is 5.92 Å². The molecule has 0 spiro atoms. The fraction of sp³-hybridized carbons (Fsp3) is 0.478. The zero-order chi connectivity index (χ0) is 21.5. The quantitative estimate of drug-likeness (QED) is 0.700. The summed E-state index contributed by atoms with van der Waals surface area (Å²) >= 11 is 1.76. The van der Waals surface area contributed by atoms with Crippen LogP contribution in [0.25, 0.3) is 0 Å². The average molecular weight is 430 g/mol. The molecule has 3 rings (SSSR count). The topological polar surface area (TPSA) is 61.9 Å². The summed E-state index contributed by atoms with van der Waals surface area (Å²) in [7, 11) is 0. The first kappa shape index (κ1) is 22.3. The number of nitrogens with zero attached hydrogens (tertiary/aromatic N) is 2. The summed E-state index contributed by atoms with van der Waals surface area (Å²) in [5.74, 6) is 0.501. The first-order chi connectivity index (χ1) is 14.5. The van der Waals surface area contributed by atoms with Gasteiger partial charge in [0, 0.05) is 43.2 Å². The Morgan fingerprint density at radius 2 is 1.80 bits per heavy atom. The highest BCUT2D eigenvalue weighted by atomic mass is 32.1. The van der Waals surface area contributed by atoms with Crippen molar-refractivity contribution in [2.45, 2.75) is 33.4 Å². The Balaban J connectivity index is 1.56. The summed E-state index contributed by atoms with van der Waals surface area (Å²) in [4.78, 5) is 31.5. The molecule has 6 nitrogen and oxygen atoms in total. The predicted molar refractivity (Wildman–Crippen MR) is 120 cm³/mol. The van der Waals surface area contributed by atoms with Crippen LogP contribution < -0.4 is 10.1 Å². The number of hydrogen-bond donors (Lipinski definition) is 1. The Labute approximate surface area is 182 Å². The Morgan fingerprint density at radius 3 is 2.37 bits per heavy atom. The molecule has 1 atom stereocenters. The van der Waals surface area contributed by atoms with E-state index in [-0.39, 0.29) is 17.7 Å². The van der Waals surface area contributed by atoms with Crippen molar-refractivity contribution < 1.29 is 14.3 Å². The van der Waals surface area contributed by atoms with E-state index in [0.29, 0.717) is 25.3 Å². The van der Waals surface area contributed by atoms with Crippen LogP contribution in [0.4, 0.5) is 0 Å². The summed E-state index contributed by atoms with van der Waals surface area (Å²) in [6.07, 6.45) is 0. The lowest BCUT2D eigenvalue weighted by atomic mass is 10.0. The number of rotatable bonds is 8. The zero-order valence-corrected chi connectivity index (χ0v) is 18.8. The molecule has 2 heterocycles. The van der Waals surface area contributed by atoms with Gasteiger partial charge in [0.2, 0.25) is 5.91 Å². The lowest BCUT2D eigenvalue weighted by Crippen LogP contribution is -2.56. The van der Waals surface area contributed by atoms with Crippen molar-refractivity contribution in [1.82, 2.24) is 15.1 Å². The monoisotopic (exact) mass is 429 g/mol. The lowest BCUT2D eigenvalue weighted by molar-refractivity contribution is -0.136. The fourth-order valence-electron chi connectivity index (χ4n) is 3.55. The number of piperazine rings is 1. The molecule has 1 saturated heterocycles. The second-order valence-electron chi connectivity index (χ2n) is 7.83. The number of carbonyl (C=O) groups is 2. The number of carbonyl (C=O) groups excluding carboxylic acids is 2. The highest BCUT2D eigenvalue weighted by Crippen LogP contribution is 2.16. The normalized spacial score (nSPS) is 15.8. The van der Waals surface area contributed by atoms with Crippen molar-refractivity contribution in [3.63, 3.8) is 0 Å². The van der Waals surface area contributed by atoms with Gasteiger partial charge in [-0.15, -0.1) is 11.3 Å². The summed E-state index contributed by atoms with van der Waals surface area (Å²) < 4.78 is 5.42. The average Bonchev–Trinajstić information content (AvgIpc) is 3.25. The standard InChI is InChI=1S/C23H31N3O3S/c1-4-29-19-9-7-18(8-10-19)22(27)24-21(17(2)3)23(28)26-13-11-25(12-14-26)16-20-6-5-15-30-20/h5-10,15,17,21H,4,11-14,16H2,1-3H3,(H,24,27). The zero-order valence-electron chi connectivity index (χ0n) is 18.0. The maximum absolute atomic E-state index is 13.1. The van der Waals surface area contributed by atoms with E-state index in [0.717, 1.165) is 25.4 Å². The number of nitrogens with one attached hydrogen (secondary N) is 1. The number of benzene rings is 1. The summed E-state index contributed by atoms with van der Waals surface area (Å²) in [6.45, 7) is 10.4. The number of ether oxygens (including phenoxy) is 1. The molecule has 2 amide bonds. The van der Waals surface area contributed by atoms with E-state index in [1.165, 1.54) is 4.88 Å². The molecule has 1 aliphatic rings. The van der Waals surface area contributed by atoms with Crippen molar-refractivity contribution in [2.75, 3.05) is 32.8 Å². The third-order valence-corrected chi connectivity index (χ3v) is 6.15. The van der Waals surface area contributed by atoms with Crippen molar-refractivity contribution in [1.29, 1.82) is 0 Å². The lowest BCUT2D eigenvalue weighted by Gasteiger charge is -2.37. The molecule has 162 valence electrons. The van der Waals surface area contributed by atoms with Gasteiger partial charge < -0.3 is 15.0 Å². The van der Waals surface area contributed by atoms with E-state index in [4.69, 9.17) is 4.74 Å². The molecule has 1 unspecified atom stereocenters. The van der Waals surface area contributed by atoms with Crippen molar-refractivity contribution in [2.24, 2.45) is 5.92 Å². The van der Waals surface area contributed by atoms with Crippen LogP contribution in [0.5, 0.6) is 5.75 Å². The maximum Gasteiger partial charge on any atom is 0.251 e. The van der Waals surface area contributed by atoms with Gasteiger partial charge in [-0.3, -0.25) is 14.5 Å². The van der Waals surface area contributed by atoms with Crippen LogP contribution in [-0.2, 0) is 11.3 Å². The highest BCUT2D eigenvalue weighted by Gasteiger charge is 2.31. The maximum atomic E-state index is 13.1. The molecule has 1 aromatic heterocycles. The molecule has 2 aromatic rings. The molecule has 7 heteroatoms. The molecule has 1 aromatic carbocycles. The summed E-state index contributed by atoms with van der Waals surface area (Å²) in [5.41, 5.74) is 0.526. The Morgan fingerprint density at radius 1 is 1.10 bits per heavy atom. The fourth-order valence-corrected chi connectivity index (χ4v) is 4.30. The smallest absolute Gasteiger partial charge is 0.251 e. The van der Waals surface area contributed by atoms with Gasteiger partial charge in [-0.2, -0.15) is 0 Å². The van der Waals surface area contributed by atoms with Gasteiger partial charge in [0.1, 0.15) is 11.8 Å². The van der Waals surface area contributed by atoms with E-state index in [9.17, 15) is 9.59 Å². The van der Waals surface area contributed by atoms with E-state index in [2.05, 4.69) is 27.7 Å². The van der Waals surface area contributed by atoms with Gasteiger partial charge >= 0.3 is 0 Å². The van der Waals surface area contributed by atoms with Gasteiger partial charge in [0.15, 0.2) is 0 Å². The first-order valence-electron chi connectivity index (χ1n) is 10.5. The second-order valence-corrected chi connectivity index (χ2v) is 8.87. The minimum absolute atomic E-state index is 0.0000556. The minimum atomic E-state index is -0.534. The van der Waals surface area contributed by atoms with Gasteiger partial charge in [-0.25, -0.2) is 0 Å². The van der Waals surface area contributed by atoms with Crippen LogP contribution in [-0.4, -0.2) is 60.4 Å². The molecule has 0 aliphatic carbocycles. The third-order valence-electron chi connectivity index (χ3n) is 5.29. The van der Waals surface area contributed by atoms with E-state index >= 15 is 0 Å². The Bertz CT molecular complexity index is 813. The van der Waals surface area contributed by atoms with Crippen molar-refractivity contribution >= 4 is 23.2 Å². The first-order valence-corrected chi connectivity index (χ1v) is 11.4. The van der Waals surface area contributed by atoms with Gasteiger partial charge in [0.05, 0.1) is 6.61 Å². The summed E-state index contributed by atoms with van der Waals surface area (Å²) in [5, 5.41) is 5.04. The molecule has 0 radical (unpaired) electrons. The van der Waals surface area contributed by atoms with Gasteiger partial charge in [-0.1, -0.05) is 19.9 Å². The highest BCUT2D eigenvalue weighted by molar-refractivity contribution is 7.09. The SMILES string of the molecule is CCOc1ccc(C(=O)NC(C(=O)N2CCN(Cc3cccs3)CC2)C(C)C)cc1. The number of thiophene rings is 1. The van der Waals surface area contributed by atoms with Gasteiger partial charge in [0.25, 0.3) is 5.91 Å². The summed E-state index contributed by atoms with van der Waals surface area (Å²) in [6, 6.07) is 10.7. The Hall–Kier alpha value is -2.38. The molecular weight excluding hydrogens is 398 g/mol. The number of amides is 2. The van der Waals surface area contributed by atoms with Crippen LogP contribution in [0.3, 0.4) is 0 Å². The largest absolute Gasteiger partial charge is 0.494 e. The van der Waals surface area contributed by atoms with Crippen LogP contribution in [0.15, 0.2) is 41.8 Å². The van der Waals surface area contributed by atoms with E-state index < -0.39 is 6.04 Å². The van der Waals surface area contributed by atoms with Crippen LogP contribution >= 0.6 is 11.3 Å². The predicted octanol–water partition coefficient (Wildman–Crippen LogP) is 3.25. The van der Waals surface area contributed by atoms with Crippen LogP contribution in [0.2, 0.25) is 0 Å². The number of hydrogen-bond acceptors (Lipinski definition) is 5. The third kappa shape index (κ3) is 5.83. The molecule has 0 saturated carbocycles. The molecule has 1 fully saturated rings. The second kappa shape index (κ2) is 10.6.